The minimum Gasteiger partial charge on any atom is -0.457 e. The van der Waals surface area contributed by atoms with Crippen LogP contribution < -0.4 is 0 Å². The number of carbonyl (C=O) groups excluding carboxylic acids is 1. The first kappa shape index (κ1) is 14.3. The summed E-state index contributed by atoms with van der Waals surface area (Å²) in [5.41, 5.74) is 1.56. The van der Waals surface area contributed by atoms with E-state index in [0.29, 0.717) is 18.7 Å². The van der Waals surface area contributed by atoms with Crippen molar-refractivity contribution in [3.8, 4) is 0 Å². The molecule has 0 aliphatic carbocycles. The van der Waals surface area contributed by atoms with Crippen LogP contribution in [0.25, 0.3) is 0 Å². The maximum atomic E-state index is 12.0. The first-order valence-electron chi connectivity index (χ1n) is 6.45. The zero-order chi connectivity index (χ0) is 14.4. The van der Waals surface area contributed by atoms with E-state index in [1.54, 1.807) is 30.1 Å². The van der Waals surface area contributed by atoms with Gasteiger partial charge in [0.2, 0.25) is 0 Å². The monoisotopic (exact) mass is 274 g/mol. The van der Waals surface area contributed by atoms with Gasteiger partial charge in [-0.3, -0.25) is 4.68 Å². The van der Waals surface area contributed by atoms with Crippen LogP contribution in [0.4, 0.5) is 0 Å². The molecule has 1 aromatic heterocycles. The molecule has 2 aromatic rings. The number of nitrogens with zero attached hydrogens (tertiary/aromatic N) is 2. The molecule has 0 saturated carbocycles. The van der Waals surface area contributed by atoms with Gasteiger partial charge in [-0.15, -0.1) is 0 Å². The minimum atomic E-state index is -0.325. The molecule has 0 fully saturated rings. The lowest BCUT2D eigenvalue weighted by Crippen LogP contribution is -2.21. The molecular weight excluding hydrogens is 256 g/mol. The predicted octanol–water partition coefficient (Wildman–Crippen LogP) is 2.28. The fraction of sp³-hybridized carbons (Fsp3) is 0.333. The maximum Gasteiger partial charge on any atom is 0.338 e. The molecule has 2 rings (SSSR count). The van der Waals surface area contributed by atoms with E-state index in [9.17, 15) is 4.79 Å². The zero-order valence-corrected chi connectivity index (χ0v) is 11.7. The van der Waals surface area contributed by atoms with E-state index in [1.807, 2.05) is 31.3 Å². The zero-order valence-electron chi connectivity index (χ0n) is 11.7. The summed E-state index contributed by atoms with van der Waals surface area (Å²) in [7, 11) is 1.64. The number of rotatable bonds is 6. The molecule has 5 heteroatoms. The van der Waals surface area contributed by atoms with E-state index in [-0.39, 0.29) is 12.1 Å². The molecule has 106 valence electrons. The van der Waals surface area contributed by atoms with Crippen LogP contribution in [0.15, 0.2) is 42.7 Å². The van der Waals surface area contributed by atoms with Crippen LogP contribution in [-0.2, 0) is 22.6 Å². The quantitative estimate of drug-likeness (QED) is 0.758. The van der Waals surface area contributed by atoms with E-state index in [4.69, 9.17) is 9.47 Å². The van der Waals surface area contributed by atoms with Crippen molar-refractivity contribution in [1.29, 1.82) is 0 Å². The molecular formula is C15H18N2O3. The number of esters is 1. The second kappa shape index (κ2) is 6.86. The van der Waals surface area contributed by atoms with Crippen LogP contribution in [0, 0.1) is 0 Å². The maximum absolute atomic E-state index is 12.0. The third kappa shape index (κ3) is 3.93. The Morgan fingerprint density at radius 1 is 1.35 bits per heavy atom. The molecule has 0 aliphatic rings. The molecule has 20 heavy (non-hydrogen) atoms. The lowest BCUT2D eigenvalue weighted by atomic mass is 10.1. The molecule has 0 radical (unpaired) electrons. The van der Waals surface area contributed by atoms with Gasteiger partial charge in [-0.1, -0.05) is 12.1 Å². The van der Waals surface area contributed by atoms with Gasteiger partial charge >= 0.3 is 5.97 Å². The third-order valence-corrected chi connectivity index (χ3v) is 2.81. The largest absolute Gasteiger partial charge is 0.457 e. The number of hydrogen-bond donors (Lipinski definition) is 0. The topological polar surface area (TPSA) is 53.4 Å². The summed E-state index contributed by atoms with van der Waals surface area (Å²) in [6, 6.07) is 9.05. The lowest BCUT2D eigenvalue weighted by Gasteiger charge is -2.13. The minimum absolute atomic E-state index is 0.235. The molecule has 1 unspecified atom stereocenters. The molecule has 0 N–H and O–H groups in total. The predicted molar refractivity (Wildman–Crippen MR) is 74.3 cm³/mol. The fourth-order valence-corrected chi connectivity index (χ4v) is 1.86. The van der Waals surface area contributed by atoms with E-state index in [0.717, 1.165) is 5.56 Å². The van der Waals surface area contributed by atoms with Gasteiger partial charge in [0, 0.05) is 19.5 Å². The van der Waals surface area contributed by atoms with Crippen LogP contribution in [0.1, 0.15) is 22.8 Å². The summed E-state index contributed by atoms with van der Waals surface area (Å²) in [5.74, 6) is -0.325. The number of benzene rings is 1. The number of ether oxygens (including phenoxy) is 2. The highest BCUT2D eigenvalue weighted by molar-refractivity contribution is 5.89. The van der Waals surface area contributed by atoms with Gasteiger partial charge < -0.3 is 9.47 Å². The Labute approximate surface area is 118 Å². The van der Waals surface area contributed by atoms with Crippen LogP contribution in [0.5, 0.6) is 0 Å². The highest BCUT2D eigenvalue weighted by Gasteiger charge is 2.12. The lowest BCUT2D eigenvalue weighted by molar-refractivity contribution is 0.0299. The number of carbonyl (C=O) groups is 1. The number of hydrogen-bond acceptors (Lipinski definition) is 4. The van der Waals surface area contributed by atoms with Crippen molar-refractivity contribution in [3.05, 3.63) is 53.9 Å². The van der Waals surface area contributed by atoms with Crippen LogP contribution in [0.3, 0.4) is 0 Å². The van der Waals surface area contributed by atoms with Gasteiger partial charge in [-0.05, 0) is 30.7 Å². The Hall–Kier alpha value is -2.14. The smallest absolute Gasteiger partial charge is 0.338 e. The Balaban J connectivity index is 1.90. The summed E-state index contributed by atoms with van der Waals surface area (Å²) < 4.78 is 12.1. The molecule has 0 bridgehead atoms. The summed E-state index contributed by atoms with van der Waals surface area (Å²) in [6.07, 6.45) is 3.30. The molecule has 0 saturated heterocycles. The van der Waals surface area contributed by atoms with E-state index < -0.39 is 0 Å². The summed E-state index contributed by atoms with van der Waals surface area (Å²) in [6.45, 7) is 2.92. The van der Waals surface area contributed by atoms with Crippen LogP contribution in [0.2, 0.25) is 0 Å². The third-order valence-electron chi connectivity index (χ3n) is 2.81. The van der Waals surface area contributed by atoms with Gasteiger partial charge in [0.05, 0.1) is 18.7 Å². The number of aromatic nitrogens is 2. The van der Waals surface area contributed by atoms with Gasteiger partial charge in [-0.25, -0.2) is 4.79 Å². The number of methoxy groups -OCH3 is 1. The molecule has 0 spiro atoms. The fourth-order valence-electron chi connectivity index (χ4n) is 1.86. The Bertz CT molecular complexity index is 535. The van der Waals surface area contributed by atoms with E-state index >= 15 is 0 Å². The summed E-state index contributed by atoms with van der Waals surface area (Å²) in [4.78, 5) is 12.0. The van der Waals surface area contributed by atoms with Gasteiger partial charge in [0.1, 0.15) is 6.10 Å². The van der Waals surface area contributed by atoms with Crippen molar-refractivity contribution < 1.29 is 14.3 Å². The SMILES string of the molecule is COCc1ccc(C(=O)OC(C)Cn2cccn2)cc1. The molecule has 5 nitrogen and oxygen atoms in total. The molecule has 0 aliphatic heterocycles. The van der Waals surface area contributed by atoms with Crippen molar-refractivity contribution in [3.63, 3.8) is 0 Å². The normalized spacial score (nSPS) is 12.1. The second-order valence-corrected chi connectivity index (χ2v) is 4.57. The standard InChI is InChI=1S/C15H18N2O3/c1-12(10-17-9-3-8-16-17)20-15(18)14-6-4-13(5-7-14)11-19-2/h3-9,12H,10-11H2,1-2H3. The summed E-state index contributed by atoms with van der Waals surface area (Å²) >= 11 is 0. The first-order valence-corrected chi connectivity index (χ1v) is 6.45. The van der Waals surface area contributed by atoms with Crippen molar-refractivity contribution >= 4 is 5.97 Å². The molecule has 0 amide bonds. The molecule has 1 atom stereocenters. The van der Waals surface area contributed by atoms with Gasteiger partial charge in [-0.2, -0.15) is 5.10 Å². The summed E-state index contributed by atoms with van der Waals surface area (Å²) in [5, 5.41) is 4.08. The van der Waals surface area contributed by atoms with Crippen molar-refractivity contribution in [1.82, 2.24) is 9.78 Å². The highest BCUT2D eigenvalue weighted by atomic mass is 16.5. The average Bonchev–Trinajstić information content (AvgIpc) is 2.92. The Kier molecular flexibility index (Phi) is 4.90. The first-order chi connectivity index (χ1) is 9.69. The van der Waals surface area contributed by atoms with E-state index in [2.05, 4.69) is 5.10 Å². The highest BCUT2D eigenvalue weighted by Crippen LogP contribution is 2.09. The van der Waals surface area contributed by atoms with Crippen molar-refractivity contribution in [2.75, 3.05) is 7.11 Å². The van der Waals surface area contributed by atoms with Crippen LogP contribution >= 0.6 is 0 Å². The second-order valence-electron chi connectivity index (χ2n) is 4.57. The van der Waals surface area contributed by atoms with Crippen molar-refractivity contribution in [2.45, 2.75) is 26.2 Å². The Morgan fingerprint density at radius 2 is 2.10 bits per heavy atom. The molecule has 1 heterocycles. The average molecular weight is 274 g/mol. The van der Waals surface area contributed by atoms with Gasteiger partial charge in [0.15, 0.2) is 0 Å². The van der Waals surface area contributed by atoms with Crippen molar-refractivity contribution in [2.24, 2.45) is 0 Å². The molecule has 1 aromatic carbocycles. The van der Waals surface area contributed by atoms with Gasteiger partial charge in [0.25, 0.3) is 0 Å². The van der Waals surface area contributed by atoms with E-state index in [1.165, 1.54) is 0 Å². The van der Waals surface area contributed by atoms with Crippen LogP contribution in [-0.4, -0.2) is 29.0 Å². The Morgan fingerprint density at radius 3 is 2.70 bits per heavy atom.